The van der Waals surface area contributed by atoms with E-state index in [-0.39, 0.29) is 11.9 Å². The third-order valence-corrected chi connectivity index (χ3v) is 6.84. The third kappa shape index (κ3) is 4.07. The highest BCUT2D eigenvalue weighted by atomic mass is 16.5. The lowest BCUT2D eigenvalue weighted by atomic mass is 10.0. The van der Waals surface area contributed by atoms with Gasteiger partial charge in [0.05, 0.1) is 36.8 Å². The van der Waals surface area contributed by atoms with Gasteiger partial charge >= 0.3 is 0 Å². The molecule has 3 aromatic rings. The van der Waals surface area contributed by atoms with Crippen molar-refractivity contribution in [1.82, 2.24) is 19.8 Å². The first-order valence-corrected chi connectivity index (χ1v) is 11.7. The zero-order valence-corrected chi connectivity index (χ0v) is 19.2. The predicted molar refractivity (Wildman–Crippen MR) is 123 cm³/mol. The molecule has 7 heteroatoms. The fourth-order valence-electron chi connectivity index (χ4n) is 4.85. The van der Waals surface area contributed by atoms with Gasteiger partial charge in [-0.15, -0.1) is 0 Å². The van der Waals surface area contributed by atoms with E-state index in [0.29, 0.717) is 12.3 Å². The first-order valence-electron chi connectivity index (χ1n) is 11.7. The Kier molecular flexibility index (Phi) is 5.78. The van der Waals surface area contributed by atoms with E-state index in [1.165, 1.54) is 11.1 Å². The maximum atomic E-state index is 13.6. The molecule has 0 radical (unpaired) electrons. The lowest BCUT2D eigenvalue weighted by molar-refractivity contribution is 0.0307. The molecule has 4 heterocycles. The lowest BCUT2D eigenvalue weighted by Crippen LogP contribution is -2.39. The highest BCUT2D eigenvalue weighted by Gasteiger charge is 2.33. The number of hydrogen-bond acceptors (Lipinski definition) is 5. The van der Waals surface area contributed by atoms with E-state index in [4.69, 9.17) is 14.1 Å². The number of amides is 1. The summed E-state index contributed by atoms with van der Waals surface area (Å²) in [6, 6.07) is 6.21. The van der Waals surface area contributed by atoms with Crippen molar-refractivity contribution in [3.05, 3.63) is 52.2 Å². The van der Waals surface area contributed by atoms with Crippen molar-refractivity contribution < 1.29 is 13.9 Å². The Labute approximate surface area is 188 Å². The number of morpholine rings is 1. The Morgan fingerprint density at radius 1 is 1.06 bits per heavy atom. The Bertz CT molecular complexity index is 1090. The standard InChI is InChI=1S/C25H32N4O3/c1-16-13-20-21(14-17(16)2)27-24(26-20)22-6-4-5-7-29(22)25(30)23-18(3)12-19(32-23)15-28-8-10-31-11-9-28/h12-14,22H,4-11,15H2,1-3H3,(H,26,27)/t22-/m0/s1. The second-order valence-corrected chi connectivity index (χ2v) is 9.20. The van der Waals surface area contributed by atoms with Gasteiger partial charge in [-0.1, -0.05) is 0 Å². The minimum atomic E-state index is -0.0588. The molecule has 1 amide bonds. The molecule has 0 unspecified atom stereocenters. The van der Waals surface area contributed by atoms with Gasteiger partial charge in [0.1, 0.15) is 11.6 Å². The molecule has 2 saturated heterocycles. The number of carbonyl (C=O) groups excluding carboxylic acids is 1. The number of imidazole rings is 1. The van der Waals surface area contributed by atoms with Crippen molar-refractivity contribution in [2.45, 2.75) is 52.6 Å². The second kappa shape index (κ2) is 8.71. The molecular weight excluding hydrogens is 404 g/mol. The molecule has 0 aliphatic carbocycles. The van der Waals surface area contributed by atoms with E-state index in [0.717, 1.165) is 80.3 Å². The number of rotatable bonds is 4. The lowest BCUT2D eigenvalue weighted by Gasteiger charge is -2.34. The molecule has 1 atom stereocenters. The van der Waals surface area contributed by atoms with Crippen molar-refractivity contribution in [2.75, 3.05) is 32.8 Å². The first-order chi connectivity index (χ1) is 15.5. The third-order valence-electron chi connectivity index (χ3n) is 6.84. The van der Waals surface area contributed by atoms with Gasteiger partial charge in [0.2, 0.25) is 0 Å². The number of nitrogens with zero attached hydrogens (tertiary/aromatic N) is 3. The monoisotopic (exact) mass is 436 g/mol. The summed E-state index contributed by atoms with van der Waals surface area (Å²) in [5.41, 5.74) is 5.36. The van der Waals surface area contributed by atoms with Gasteiger partial charge in [0.15, 0.2) is 5.76 Å². The van der Waals surface area contributed by atoms with Crippen LogP contribution in [0.4, 0.5) is 0 Å². The molecule has 0 saturated carbocycles. The summed E-state index contributed by atoms with van der Waals surface area (Å²) >= 11 is 0. The smallest absolute Gasteiger partial charge is 0.290 e. The van der Waals surface area contributed by atoms with Crippen molar-refractivity contribution in [1.29, 1.82) is 0 Å². The van der Waals surface area contributed by atoms with Crippen molar-refractivity contribution in [3.8, 4) is 0 Å². The SMILES string of the molecule is Cc1cc2nc([C@@H]3CCCCN3C(=O)c3oc(CN4CCOCC4)cc3C)[nH]c2cc1C. The van der Waals surface area contributed by atoms with E-state index >= 15 is 0 Å². The highest BCUT2D eigenvalue weighted by Crippen LogP contribution is 2.33. The molecule has 7 nitrogen and oxygen atoms in total. The minimum absolute atomic E-state index is 0.0340. The van der Waals surface area contributed by atoms with Gasteiger partial charge in [-0.05, 0) is 69.4 Å². The minimum Gasteiger partial charge on any atom is -0.454 e. The number of likely N-dealkylation sites (tertiary alicyclic amines) is 1. The van der Waals surface area contributed by atoms with Crippen LogP contribution in [0.1, 0.15) is 64.1 Å². The van der Waals surface area contributed by atoms with E-state index in [2.05, 4.69) is 35.9 Å². The van der Waals surface area contributed by atoms with Crippen molar-refractivity contribution in [3.63, 3.8) is 0 Å². The van der Waals surface area contributed by atoms with Gasteiger partial charge in [-0.2, -0.15) is 0 Å². The van der Waals surface area contributed by atoms with Gasteiger partial charge < -0.3 is 19.0 Å². The summed E-state index contributed by atoms with van der Waals surface area (Å²) in [6.45, 7) is 10.9. The fraction of sp³-hybridized carbons (Fsp3) is 0.520. The number of aromatic amines is 1. The van der Waals surface area contributed by atoms with Crippen LogP contribution in [0.5, 0.6) is 0 Å². The van der Waals surface area contributed by atoms with Gasteiger partial charge in [-0.3, -0.25) is 9.69 Å². The fourth-order valence-corrected chi connectivity index (χ4v) is 4.85. The summed E-state index contributed by atoms with van der Waals surface area (Å²) < 4.78 is 11.5. The zero-order chi connectivity index (χ0) is 22.2. The van der Waals surface area contributed by atoms with E-state index in [1.807, 2.05) is 17.9 Å². The Morgan fingerprint density at radius 2 is 1.84 bits per heavy atom. The number of carbonyl (C=O) groups is 1. The van der Waals surface area contributed by atoms with Crippen LogP contribution in [0.2, 0.25) is 0 Å². The molecular formula is C25H32N4O3. The van der Waals surface area contributed by atoms with Crippen LogP contribution in [0, 0.1) is 20.8 Å². The van der Waals surface area contributed by atoms with Crippen LogP contribution < -0.4 is 0 Å². The maximum absolute atomic E-state index is 13.6. The summed E-state index contributed by atoms with van der Waals surface area (Å²) in [5, 5.41) is 0. The quantitative estimate of drug-likeness (QED) is 0.661. The molecule has 32 heavy (non-hydrogen) atoms. The summed E-state index contributed by atoms with van der Waals surface area (Å²) in [4.78, 5) is 26.2. The molecule has 170 valence electrons. The van der Waals surface area contributed by atoms with Gasteiger partial charge in [0, 0.05) is 25.2 Å². The van der Waals surface area contributed by atoms with Crippen molar-refractivity contribution >= 4 is 16.9 Å². The number of furan rings is 1. The van der Waals surface area contributed by atoms with Crippen LogP contribution in [-0.4, -0.2) is 58.5 Å². The molecule has 1 N–H and O–H groups in total. The van der Waals surface area contributed by atoms with Crippen LogP contribution in [0.3, 0.4) is 0 Å². The number of aryl methyl sites for hydroxylation is 3. The number of H-pyrrole nitrogens is 1. The van der Waals surface area contributed by atoms with Crippen LogP contribution in [0.15, 0.2) is 22.6 Å². The van der Waals surface area contributed by atoms with Gasteiger partial charge in [-0.25, -0.2) is 4.98 Å². The van der Waals surface area contributed by atoms with E-state index in [1.54, 1.807) is 0 Å². The first kappa shape index (κ1) is 21.2. The Hall–Kier alpha value is -2.64. The summed E-state index contributed by atoms with van der Waals surface area (Å²) in [7, 11) is 0. The van der Waals surface area contributed by atoms with Crippen LogP contribution in [0.25, 0.3) is 11.0 Å². The van der Waals surface area contributed by atoms with E-state index in [9.17, 15) is 4.79 Å². The molecule has 2 aliphatic rings. The molecule has 2 aliphatic heterocycles. The number of fused-ring (bicyclic) bond motifs is 1. The number of nitrogens with one attached hydrogen (secondary N) is 1. The van der Waals surface area contributed by atoms with Crippen LogP contribution >= 0.6 is 0 Å². The normalized spacial score (nSPS) is 20.2. The Balaban J connectivity index is 1.39. The number of ether oxygens (including phenoxy) is 1. The average molecular weight is 437 g/mol. The summed E-state index contributed by atoms with van der Waals surface area (Å²) in [6.07, 6.45) is 2.99. The second-order valence-electron chi connectivity index (χ2n) is 9.20. The zero-order valence-electron chi connectivity index (χ0n) is 19.2. The average Bonchev–Trinajstić information content (AvgIpc) is 3.37. The van der Waals surface area contributed by atoms with Crippen molar-refractivity contribution in [2.24, 2.45) is 0 Å². The van der Waals surface area contributed by atoms with Gasteiger partial charge in [0.25, 0.3) is 5.91 Å². The Morgan fingerprint density at radius 3 is 2.66 bits per heavy atom. The molecule has 0 bridgehead atoms. The molecule has 1 aromatic carbocycles. The predicted octanol–water partition coefficient (Wildman–Crippen LogP) is 4.28. The molecule has 2 fully saturated rings. The highest BCUT2D eigenvalue weighted by molar-refractivity contribution is 5.93. The molecule has 2 aromatic heterocycles. The number of hydrogen-bond donors (Lipinski definition) is 1. The number of aromatic nitrogens is 2. The molecule has 5 rings (SSSR count). The van der Waals surface area contributed by atoms with E-state index < -0.39 is 0 Å². The molecule has 0 spiro atoms. The van der Waals surface area contributed by atoms with Crippen LogP contribution in [-0.2, 0) is 11.3 Å². The number of piperidine rings is 1. The summed E-state index contributed by atoms with van der Waals surface area (Å²) in [5.74, 6) is 2.14. The maximum Gasteiger partial charge on any atom is 0.290 e. The largest absolute Gasteiger partial charge is 0.454 e. The topological polar surface area (TPSA) is 74.6 Å². The number of benzene rings is 1.